The normalized spacial score (nSPS) is 18.3. The molecule has 1 saturated carbocycles. The number of nitrogens with one attached hydrogen (secondary N) is 1. The number of hydrogen-bond donors (Lipinski definition) is 1. The minimum absolute atomic E-state index is 0.0605. The molecule has 0 atom stereocenters. The number of carbonyl (C=O) groups is 2. The van der Waals surface area contributed by atoms with Gasteiger partial charge < -0.3 is 19.9 Å². The van der Waals surface area contributed by atoms with Crippen LogP contribution in [0.25, 0.3) is 0 Å². The lowest BCUT2D eigenvalue weighted by atomic mass is 10.2. The second-order valence-electron chi connectivity index (χ2n) is 6.79. The van der Waals surface area contributed by atoms with Gasteiger partial charge in [-0.3, -0.25) is 9.59 Å². The van der Waals surface area contributed by atoms with Gasteiger partial charge in [0.2, 0.25) is 11.8 Å². The van der Waals surface area contributed by atoms with Crippen molar-refractivity contribution in [3.63, 3.8) is 0 Å². The van der Waals surface area contributed by atoms with Crippen LogP contribution in [0.5, 0.6) is 5.75 Å². The molecule has 0 spiro atoms. The molecular weight excluding hydrogens is 318 g/mol. The molecule has 0 radical (unpaired) electrons. The first-order valence-corrected chi connectivity index (χ1v) is 9.16. The summed E-state index contributed by atoms with van der Waals surface area (Å²) in [6, 6.07) is 7.82. The van der Waals surface area contributed by atoms with Gasteiger partial charge in [0.1, 0.15) is 5.75 Å². The predicted molar refractivity (Wildman–Crippen MR) is 96.6 cm³/mol. The van der Waals surface area contributed by atoms with Crippen LogP contribution >= 0.6 is 0 Å². The molecule has 1 aromatic carbocycles. The fourth-order valence-corrected chi connectivity index (χ4v) is 3.44. The number of amides is 2. The van der Waals surface area contributed by atoms with E-state index in [4.69, 9.17) is 4.74 Å². The summed E-state index contributed by atoms with van der Waals surface area (Å²) >= 11 is 0. The zero-order valence-corrected chi connectivity index (χ0v) is 14.9. The van der Waals surface area contributed by atoms with Gasteiger partial charge in [-0.05, 0) is 37.8 Å². The third-order valence-corrected chi connectivity index (χ3v) is 4.96. The average molecular weight is 345 g/mol. The first-order valence-electron chi connectivity index (χ1n) is 9.16. The van der Waals surface area contributed by atoms with Crippen molar-refractivity contribution < 1.29 is 14.3 Å². The molecule has 0 bridgehead atoms. The van der Waals surface area contributed by atoms with Crippen molar-refractivity contribution in [3.05, 3.63) is 24.3 Å². The van der Waals surface area contributed by atoms with Crippen LogP contribution in [-0.2, 0) is 9.59 Å². The first kappa shape index (κ1) is 17.6. The van der Waals surface area contributed by atoms with E-state index in [9.17, 15) is 9.59 Å². The number of piperazine rings is 1. The zero-order chi connectivity index (χ0) is 17.6. The Bertz CT molecular complexity index is 606. The molecule has 0 aromatic heterocycles. The van der Waals surface area contributed by atoms with Crippen LogP contribution < -0.4 is 10.1 Å². The van der Waals surface area contributed by atoms with Gasteiger partial charge in [-0.2, -0.15) is 0 Å². The standard InChI is InChI=1S/C19H27N3O3/c1-15(23)21-9-11-22(12-10-21)19(24)14-20-16-5-4-8-18(13-16)25-17-6-2-3-7-17/h4-5,8,13,17,20H,2-3,6-7,9-12,14H2,1H3. The van der Waals surface area contributed by atoms with Gasteiger partial charge in [0.25, 0.3) is 0 Å². The van der Waals surface area contributed by atoms with E-state index in [2.05, 4.69) is 5.32 Å². The Morgan fingerprint density at radius 3 is 2.48 bits per heavy atom. The lowest BCUT2D eigenvalue weighted by Crippen LogP contribution is -2.51. The number of ether oxygens (including phenoxy) is 1. The summed E-state index contributed by atoms with van der Waals surface area (Å²) in [5, 5.41) is 3.19. The van der Waals surface area contributed by atoms with Crippen molar-refractivity contribution in [2.75, 3.05) is 38.0 Å². The molecule has 6 nitrogen and oxygen atoms in total. The lowest BCUT2D eigenvalue weighted by molar-refractivity contribution is -0.137. The molecule has 1 aliphatic heterocycles. The third-order valence-electron chi connectivity index (χ3n) is 4.96. The Kier molecular flexibility index (Phi) is 5.79. The molecule has 1 aromatic rings. The van der Waals surface area contributed by atoms with Gasteiger partial charge in [0, 0.05) is 44.9 Å². The van der Waals surface area contributed by atoms with E-state index in [0.29, 0.717) is 32.3 Å². The van der Waals surface area contributed by atoms with E-state index >= 15 is 0 Å². The SMILES string of the molecule is CC(=O)N1CCN(C(=O)CNc2cccc(OC3CCCC3)c2)CC1. The van der Waals surface area contributed by atoms with Crippen LogP contribution in [0.3, 0.4) is 0 Å². The Morgan fingerprint density at radius 1 is 1.12 bits per heavy atom. The number of rotatable bonds is 5. The number of nitrogens with zero attached hydrogens (tertiary/aromatic N) is 2. The Hall–Kier alpha value is -2.24. The monoisotopic (exact) mass is 345 g/mol. The van der Waals surface area contributed by atoms with E-state index in [1.807, 2.05) is 29.2 Å². The molecule has 0 unspecified atom stereocenters. The average Bonchev–Trinajstić information content (AvgIpc) is 3.13. The highest BCUT2D eigenvalue weighted by Crippen LogP contribution is 2.25. The van der Waals surface area contributed by atoms with Crippen LogP contribution in [-0.4, -0.2) is 60.4 Å². The van der Waals surface area contributed by atoms with Gasteiger partial charge in [-0.1, -0.05) is 6.07 Å². The minimum atomic E-state index is 0.0605. The maximum Gasteiger partial charge on any atom is 0.241 e. The van der Waals surface area contributed by atoms with E-state index in [-0.39, 0.29) is 18.4 Å². The summed E-state index contributed by atoms with van der Waals surface area (Å²) in [6.07, 6.45) is 5.07. The summed E-state index contributed by atoms with van der Waals surface area (Å²) in [6.45, 7) is 4.26. The van der Waals surface area contributed by atoms with Gasteiger partial charge in [0.15, 0.2) is 0 Å². The molecule has 136 valence electrons. The first-order chi connectivity index (χ1) is 12.1. The van der Waals surface area contributed by atoms with Crippen molar-refractivity contribution in [3.8, 4) is 5.75 Å². The van der Waals surface area contributed by atoms with Gasteiger partial charge >= 0.3 is 0 Å². The number of carbonyl (C=O) groups excluding carboxylic acids is 2. The Labute approximate surface area is 149 Å². The highest BCUT2D eigenvalue weighted by atomic mass is 16.5. The molecule has 1 saturated heterocycles. The molecule has 25 heavy (non-hydrogen) atoms. The molecule has 1 N–H and O–H groups in total. The number of hydrogen-bond acceptors (Lipinski definition) is 4. The van der Waals surface area contributed by atoms with Crippen molar-refractivity contribution in [2.24, 2.45) is 0 Å². The van der Waals surface area contributed by atoms with Crippen molar-refractivity contribution in [2.45, 2.75) is 38.7 Å². The molecule has 2 fully saturated rings. The maximum absolute atomic E-state index is 12.3. The van der Waals surface area contributed by atoms with E-state index in [1.54, 1.807) is 11.8 Å². The minimum Gasteiger partial charge on any atom is -0.490 e. The highest BCUT2D eigenvalue weighted by Gasteiger charge is 2.22. The fourth-order valence-electron chi connectivity index (χ4n) is 3.44. The Balaban J connectivity index is 1.46. The number of benzene rings is 1. The van der Waals surface area contributed by atoms with Crippen LogP contribution in [0.4, 0.5) is 5.69 Å². The summed E-state index contributed by atoms with van der Waals surface area (Å²) < 4.78 is 6.00. The summed E-state index contributed by atoms with van der Waals surface area (Å²) in [4.78, 5) is 27.3. The maximum atomic E-state index is 12.3. The topological polar surface area (TPSA) is 61.9 Å². The van der Waals surface area contributed by atoms with E-state index in [0.717, 1.165) is 24.3 Å². The third kappa shape index (κ3) is 4.87. The second kappa shape index (κ2) is 8.23. The lowest BCUT2D eigenvalue weighted by Gasteiger charge is -2.34. The molecule has 1 aliphatic carbocycles. The van der Waals surface area contributed by atoms with Crippen molar-refractivity contribution >= 4 is 17.5 Å². The fraction of sp³-hybridized carbons (Fsp3) is 0.579. The molecule has 3 rings (SSSR count). The summed E-state index contributed by atoms with van der Waals surface area (Å²) in [5.74, 6) is 0.994. The van der Waals surface area contributed by atoms with Gasteiger partial charge in [0.05, 0.1) is 12.6 Å². The smallest absolute Gasteiger partial charge is 0.241 e. The largest absolute Gasteiger partial charge is 0.490 e. The van der Waals surface area contributed by atoms with Crippen LogP contribution in [0, 0.1) is 0 Å². The molecular formula is C19H27N3O3. The second-order valence-corrected chi connectivity index (χ2v) is 6.79. The molecule has 2 amide bonds. The van der Waals surface area contributed by atoms with E-state index in [1.165, 1.54) is 12.8 Å². The van der Waals surface area contributed by atoms with E-state index < -0.39 is 0 Å². The van der Waals surface area contributed by atoms with Crippen LogP contribution in [0.1, 0.15) is 32.6 Å². The quantitative estimate of drug-likeness (QED) is 0.888. The van der Waals surface area contributed by atoms with Crippen LogP contribution in [0.15, 0.2) is 24.3 Å². The van der Waals surface area contributed by atoms with Gasteiger partial charge in [-0.15, -0.1) is 0 Å². The molecule has 6 heteroatoms. The summed E-state index contributed by atoms with van der Waals surface area (Å²) in [7, 11) is 0. The van der Waals surface area contributed by atoms with Crippen molar-refractivity contribution in [1.29, 1.82) is 0 Å². The number of anilines is 1. The van der Waals surface area contributed by atoms with Crippen LogP contribution in [0.2, 0.25) is 0 Å². The Morgan fingerprint density at radius 2 is 1.80 bits per heavy atom. The predicted octanol–water partition coefficient (Wildman–Crippen LogP) is 2.11. The molecule has 1 heterocycles. The molecule has 2 aliphatic rings. The zero-order valence-electron chi connectivity index (χ0n) is 14.9. The highest BCUT2D eigenvalue weighted by molar-refractivity contribution is 5.81. The summed E-state index contributed by atoms with van der Waals surface area (Å²) in [5.41, 5.74) is 0.895. The van der Waals surface area contributed by atoms with Gasteiger partial charge in [-0.25, -0.2) is 0 Å². The van der Waals surface area contributed by atoms with Crippen molar-refractivity contribution in [1.82, 2.24) is 9.80 Å².